The standard InChI is InChI=1S/C13H18O4/c1-10(14)6-5-9-17-13-11(15-2)7-4-8-12(13)16-3/h4,7-8H,5-6,9H2,1-3H3. The molecule has 0 heterocycles. The molecule has 0 bridgehead atoms. The zero-order valence-corrected chi connectivity index (χ0v) is 10.5. The molecule has 0 spiro atoms. The number of hydrogen-bond donors (Lipinski definition) is 0. The predicted octanol–water partition coefficient (Wildman–Crippen LogP) is 2.45. The van der Waals surface area contributed by atoms with Gasteiger partial charge in [0, 0.05) is 6.42 Å². The molecule has 0 fully saturated rings. The van der Waals surface area contributed by atoms with E-state index in [9.17, 15) is 4.79 Å². The van der Waals surface area contributed by atoms with E-state index < -0.39 is 0 Å². The van der Waals surface area contributed by atoms with E-state index in [2.05, 4.69) is 0 Å². The Morgan fingerprint density at radius 3 is 2.24 bits per heavy atom. The van der Waals surface area contributed by atoms with Crippen LogP contribution in [-0.2, 0) is 4.79 Å². The van der Waals surface area contributed by atoms with Crippen LogP contribution in [0.15, 0.2) is 18.2 Å². The first kappa shape index (κ1) is 13.4. The maximum atomic E-state index is 10.8. The van der Waals surface area contributed by atoms with Gasteiger partial charge in [-0.2, -0.15) is 0 Å². The van der Waals surface area contributed by atoms with Gasteiger partial charge < -0.3 is 19.0 Å². The number of methoxy groups -OCH3 is 2. The minimum Gasteiger partial charge on any atom is -0.493 e. The first-order valence-electron chi connectivity index (χ1n) is 5.52. The van der Waals surface area contributed by atoms with Crippen molar-refractivity contribution in [2.45, 2.75) is 19.8 Å². The Hall–Kier alpha value is -1.71. The highest BCUT2D eigenvalue weighted by Gasteiger charge is 2.10. The number of carbonyl (C=O) groups is 1. The molecule has 1 aromatic carbocycles. The van der Waals surface area contributed by atoms with Crippen LogP contribution in [0.1, 0.15) is 19.8 Å². The fourth-order valence-electron chi connectivity index (χ4n) is 1.45. The molecular weight excluding hydrogens is 220 g/mol. The van der Waals surface area contributed by atoms with Crippen LogP contribution in [0.25, 0.3) is 0 Å². The molecule has 17 heavy (non-hydrogen) atoms. The summed E-state index contributed by atoms with van der Waals surface area (Å²) in [5.74, 6) is 2.01. The molecule has 0 saturated carbocycles. The topological polar surface area (TPSA) is 44.8 Å². The molecule has 0 atom stereocenters. The van der Waals surface area contributed by atoms with E-state index in [0.29, 0.717) is 36.7 Å². The highest BCUT2D eigenvalue weighted by atomic mass is 16.5. The Kier molecular flexibility index (Phi) is 5.33. The summed E-state index contributed by atoms with van der Waals surface area (Å²) >= 11 is 0. The van der Waals surface area contributed by atoms with Crippen molar-refractivity contribution in [3.8, 4) is 17.2 Å². The largest absolute Gasteiger partial charge is 0.493 e. The van der Waals surface area contributed by atoms with Crippen LogP contribution in [0, 0.1) is 0 Å². The SMILES string of the molecule is COc1cccc(OC)c1OCCCC(C)=O. The second-order valence-electron chi connectivity index (χ2n) is 3.65. The van der Waals surface area contributed by atoms with Gasteiger partial charge in [0.25, 0.3) is 0 Å². The molecule has 0 amide bonds. The van der Waals surface area contributed by atoms with E-state index in [1.165, 1.54) is 0 Å². The Morgan fingerprint density at radius 2 is 1.76 bits per heavy atom. The van der Waals surface area contributed by atoms with Gasteiger partial charge in [0.1, 0.15) is 5.78 Å². The number of para-hydroxylation sites is 1. The van der Waals surface area contributed by atoms with E-state index in [4.69, 9.17) is 14.2 Å². The van der Waals surface area contributed by atoms with E-state index in [1.807, 2.05) is 18.2 Å². The number of rotatable bonds is 7. The minimum atomic E-state index is 0.167. The van der Waals surface area contributed by atoms with Gasteiger partial charge in [-0.3, -0.25) is 0 Å². The molecule has 0 radical (unpaired) electrons. The number of ketones is 1. The number of carbonyl (C=O) groups excluding carboxylic acids is 1. The molecule has 4 nitrogen and oxygen atoms in total. The lowest BCUT2D eigenvalue weighted by Gasteiger charge is -2.13. The third kappa shape index (κ3) is 3.98. The molecule has 0 aliphatic heterocycles. The summed E-state index contributed by atoms with van der Waals surface area (Å²) in [6.07, 6.45) is 1.22. The quantitative estimate of drug-likeness (QED) is 0.684. The van der Waals surface area contributed by atoms with Crippen molar-refractivity contribution < 1.29 is 19.0 Å². The van der Waals surface area contributed by atoms with Gasteiger partial charge in [-0.25, -0.2) is 0 Å². The summed E-state index contributed by atoms with van der Waals surface area (Å²) in [6.45, 7) is 2.04. The number of benzene rings is 1. The average molecular weight is 238 g/mol. The summed E-state index contributed by atoms with van der Waals surface area (Å²) < 4.78 is 16.0. The molecule has 1 aromatic rings. The summed E-state index contributed by atoms with van der Waals surface area (Å²) in [5, 5.41) is 0. The summed E-state index contributed by atoms with van der Waals surface area (Å²) in [7, 11) is 3.16. The Labute approximate surface area is 101 Å². The highest BCUT2D eigenvalue weighted by molar-refractivity contribution is 5.75. The zero-order valence-electron chi connectivity index (χ0n) is 10.5. The molecule has 0 saturated heterocycles. The molecule has 0 N–H and O–H groups in total. The van der Waals surface area contributed by atoms with Gasteiger partial charge in [0.05, 0.1) is 20.8 Å². The average Bonchev–Trinajstić information content (AvgIpc) is 2.34. The number of ether oxygens (including phenoxy) is 3. The lowest BCUT2D eigenvalue weighted by atomic mass is 10.2. The lowest BCUT2D eigenvalue weighted by molar-refractivity contribution is -0.117. The zero-order chi connectivity index (χ0) is 12.7. The predicted molar refractivity (Wildman–Crippen MR) is 65.0 cm³/mol. The van der Waals surface area contributed by atoms with E-state index in [0.717, 1.165) is 0 Å². The molecule has 0 aromatic heterocycles. The second-order valence-corrected chi connectivity index (χ2v) is 3.65. The maximum absolute atomic E-state index is 10.8. The van der Waals surface area contributed by atoms with Crippen LogP contribution in [0.3, 0.4) is 0 Å². The third-order valence-corrected chi connectivity index (χ3v) is 2.30. The summed E-state index contributed by atoms with van der Waals surface area (Å²) in [5.41, 5.74) is 0. The van der Waals surface area contributed by atoms with Crippen molar-refractivity contribution in [3.05, 3.63) is 18.2 Å². The molecule has 94 valence electrons. The minimum absolute atomic E-state index is 0.167. The smallest absolute Gasteiger partial charge is 0.203 e. The van der Waals surface area contributed by atoms with E-state index in [1.54, 1.807) is 21.1 Å². The van der Waals surface area contributed by atoms with E-state index in [-0.39, 0.29) is 5.78 Å². The fourth-order valence-corrected chi connectivity index (χ4v) is 1.45. The van der Waals surface area contributed by atoms with Crippen LogP contribution in [-0.4, -0.2) is 26.6 Å². The van der Waals surface area contributed by atoms with Gasteiger partial charge in [-0.05, 0) is 25.5 Å². The monoisotopic (exact) mass is 238 g/mol. The first-order chi connectivity index (χ1) is 8.19. The lowest BCUT2D eigenvalue weighted by Crippen LogP contribution is -2.03. The Balaban J connectivity index is 2.64. The van der Waals surface area contributed by atoms with Crippen molar-refractivity contribution in [2.75, 3.05) is 20.8 Å². The summed E-state index contributed by atoms with van der Waals surface area (Å²) in [6, 6.07) is 5.45. The Bertz CT molecular complexity index is 351. The van der Waals surface area contributed by atoms with E-state index >= 15 is 0 Å². The third-order valence-electron chi connectivity index (χ3n) is 2.30. The molecule has 0 aliphatic rings. The Morgan fingerprint density at radius 1 is 1.18 bits per heavy atom. The van der Waals surface area contributed by atoms with Crippen LogP contribution in [0.2, 0.25) is 0 Å². The molecule has 4 heteroatoms. The summed E-state index contributed by atoms with van der Waals surface area (Å²) in [4.78, 5) is 10.8. The van der Waals surface area contributed by atoms with Crippen LogP contribution in [0.4, 0.5) is 0 Å². The maximum Gasteiger partial charge on any atom is 0.203 e. The van der Waals surface area contributed by atoms with Gasteiger partial charge in [-0.1, -0.05) is 6.07 Å². The van der Waals surface area contributed by atoms with Gasteiger partial charge >= 0.3 is 0 Å². The highest BCUT2D eigenvalue weighted by Crippen LogP contribution is 2.36. The van der Waals surface area contributed by atoms with Gasteiger partial charge in [0.2, 0.25) is 5.75 Å². The van der Waals surface area contributed by atoms with Crippen molar-refractivity contribution >= 4 is 5.78 Å². The van der Waals surface area contributed by atoms with Crippen molar-refractivity contribution in [3.63, 3.8) is 0 Å². The molecular formula is C13H18O4. The van der Waals surface area contributed by atoms with Crippen molar-refractivity contribution in [1.29, 1.82) is 0 Å². The first-order valence-corrected chi connectivity index (χ1v) is 5.52. The number of hydrogen-bond acceptors (Lipinski definition) is 4. The molecule has 0 unspecified atom stereocenters. The second kappa shape index (κ2) is 6.78. The van der Waals surface area contributed by atoms with Gasteiger partial charge in [0.15, 0.2) is 11.5 Å². The number of Topliss-reactive ketones (excluding diaryl/α,β-unsaturated/α-hetero) is 1. The van der Waals surface area contributed by atoms with Crippen LogP contribution in [0.5, 0.6) is 17.2 Å². The molecule has 0 aliphatic carbocycles. The van der Waals surface area contributed by atoms with Crippen molar-refractivity contribution in [2.24, 2.45) is 0 Å². The normalized spacial score (nSPS) is 9.82. The molecule has 1 rings (SSSR count). The van der Waals surface area contributed by atoms with Crippen LogP contribution < -0.4 is 14.2 Å². The van der Waals surface area contributed by atoms with Gasteiger partial charge in [-0.15, -0.1) is 0 Å². The van der Waals surface area contributed by atoms with Crippen molar-refractivity contribution in [1.82, 2.24) is 0 Å². The fraction of sp³-hybridized carbons (Fsp3) is 0.462. The van der Waals surface area contributed by atoms with Crippen LogP contribution >= 0.6 is 0 Å².